The second-order valence-corrected chi connectivity index (χ2v) is 10.1. The van der Waals surface area contributed by atoms with Crippen LogP contribution >= 0.6 is 0 Å². The number of nitrogens with zero attached hydrogens (tertiary/aromatic N) is 5. The molecule has 12 nitrogen and oxygen atoms in total. The molecule has 1 aliphatic rings. The fourth-order valence-corrected chi connectivity index (χ4v) is 4.93. The number of H-pyrrole nitrogens is 1. The highest BCUT2D eigenvalue weighted by molar-refractivity contribution is 5.93. The Balaban J connectivity index is 1.18. The number of aliphatic hydroxyl groups is 1. The Morgan fingerprint density at radius 3 is 2.47 bits per heavy atom. The average Bonchev–Trinajstić information content (AvgIpc) is 3.41. The zero-order valence-corrected chi connectivity index (χ0v) is 23.8. The lowest BCUT2D eigenvalue weighted by Gasteiger charge is -2.34. The van der Waals surface area contributed by atoms with Crippen LogP contribution < -0.4 is 20.1 Å². The molecule has 1 fully saturated rings. The van der Waals surface area contributed by atoms with Crippen molar-refractivity contribution in [2.24, 2.45) is 0 Å². The van der Waals surface area contributed by atoms with Gasteiger partial charge in [0, 0.05) is 74.2 Å². The van der Waals surface area contributed by atoms with Crippen LogP contribution in [0.2, 0.25) is 0 Å². The van der Waals surface area contributed by atoms with Gasteiger partial charge >= 0.3 is 0 Å². The number of halogens is 2. The SMILES string of the molecule is COc1cc2c(Nc3cc(CC(=O)Nc4cc(F)cc(F)c4)[nH]n3)ncnc2cc1OCCCN1CCN(CCO)CC1. The number of fused-ring (bicyclic) bond motifs is 1. The second kappa shape index (κ2) is 14.2. The summed E-state index contributed by atoms with van der Waals surface area (Å²) in [7, 11) is 1.57. The van der Waals surface area contributed by atoms with E-state index in [1.54, 1.807) is 19.2 Å². The smallest absolute Gasteiger partial charge is 0.230 e. The molecule has 3 heterocycles. The van der Waals surface area contributed by atoms with Gasteiger partial charge in [0.25, 0.3) is 0 Å². The van der Waals surface area contributed by atoms with Crippen molar-refractivity contribution in [1.82, 2.24) is 30.0 Å². The van der Waals surface area contributed by atoms with Gasteiger partial charge in [-0.05, 0) is 24.6 Å². The van der Waals surface area contributed by atoms with Crippen LogP contribution in [0.15, 0.2) is 42.7 Å². The molecule has 0 radical (unpaired) electrons. The van der Waals surface area contributed by atoms with Gasteiger partial charge in [0.1, 0.15) is 23.8 Å². The van der Waals surface area contributed by atoms with Crippen molar-refractivity contribution in [2.45, 2.75) is 12.8 Å². The molecule has 2 aromatic carbocycles. The number of β-amino-alcohol motifs (C(OH)–C–C–N with tert-alkyl or cyclic N) is 1. The number of aromatic amines is 1. The first-order valence-corrected chi connectivity index (χ1v) is 14.0. The molecule has 1 amide bonds. The summed E-state index contributed by atoms with van der Waals surface area (Å²) < 4.78 is 38.5. The van der Waals surface area contributed by atoms with E-state index in [-0.39, 0.29) is 18.7 Å². The summed E-state index contributed by atoms with van der Waals surface area (Å²) in [6, 6.07) is 8.05. The summed E-state index contributed by atoms with van der Waals surface area (Å²) in [4.78, 5) is 25.8. The molecule has 4 N–H and O–H groups in total. The van der Waals surface area contributed by atoms with Gasteiger partial charge in [0.05, 0.1) is 32.3 Å². The molecule has 0 bridgehead atoms. The van der Waals surface area contributed by atoms with Crippen LogP contribution in [0.25, 0.3) is 10.9 Å². The summed E-state index contributed by atoms with van der Waals surface area (Å²) in [5.41, 5.74) is 1.15. The van der Waals surface area contributed by atoms with Gasteiger partial charge < -0.3 is 30.1 Å². The van der Waals surface area contributed by atoms with E-state index in [1.807, 2.05) is 6.07 Å². The van der Waals surface area contributed by atoms with E-state index in [2.05, 4.69) is 40.6 Å². The van der Waals surface area contributed by atoms with Gasteiger partial charge in [-0.15, -0.1) is 0 Å². The zero-order valence-electron chi connectivity index (χ0n) is 23.8. The molecule has 0 unspecified atom stereocenters. The zero-order chi connectivity index (χ0) is 30.2. The fraction of sp³-hybridized carbons (Fsp3) is 0.379. The lowest BCUT2D eigenvalue weighted by atomic mass is 10.2. The third-order valence-corrected chi connectivity index (χ3v) is 7.05. The maximum atomic E-state index is 13.4. The molecule has 5 rings (SSSR count). The highest BCUT2D eigenvalue weighted by Crippen LogP contribution is 2.34. The van der Waals surface area contributed by atoms with Crippen molar-refractivity contribution in [3.05, 3.63) is 60.1 Å². The van der Waals surface area contributed by atoms with Crippen molar-refractivity contribution in [3.63, 3.8) is 0 Å². The Bertz CT molecular complexity index is 1520. The monoisotopic (exact) mass is 596 g/mol. The Morgan fingerprint density at radius 2 is 1.74 bits per heavy atom. The number of hydrogen-bond donors (Lipinski definition) is 4. The summed E-state index contributed by atoms with van der Waals surface area (Å²) in [5, 5.41) is 22.4. The summed E-state index contributed by atoms with van der Waals surface area (Å²) in [6.45, 7) is 6.25. The number of amides is 1. The first-order valence-electron chi connectivity index (χ1n) is 14.0. The van der Waals surface area contributed by atoms with Crippen molar-refractivity contribution in [1.29, 1.82) is 0 Å². The quantitative estimate of drug-likeness (QED) is 0.170. The molecule has 2 aromatic heterocycles. The molecule has 1 aliphatic heterocycles. The van der Waals surface area contributed by atoms with E-state index in [4.69, 9.17) is 14.6 Å². The van der Waals surface area contributed by atoms with Crippen molar-refractivity contribution >= 4 is 34.1 Å². The normalized spacial score (nSPS) is 14.1. The minimum absolute atomic E-state index is 0.0264. The first kappa shape index (κ1) is 30.1. The highest BCUT2D eigenvalue weighted by Gasteiger charge is 2.17. The molecule has 0 saturated carbocycles. The Hall–Kier alpha value is -4.40. The average molecular weight is 597 g/mol. The van der Waals surface area contributed by atoms with Crippen LogP contribution in [0.3, 0.4) is 0 Å². The van der Waals surface area contributed by atoms with E-state index >= 15 is 0 Å². The number of ether oxygens (including phenoxy) is 2. The predicted octanol–water partition coefficient (Wildman–Crippen LogP) is 2.94. The standard InChI is InChI=1S/C29H34F2N8O4/c1-42-25-16-23-24(17-26(25)43-10-2-3-38-4-6-39(7-5-38)8-9-40)32-18-33-29(23)35-27-14-22(36-37-27)15-28(41)34-21-12-19(30)11-20(31)13-21/h11-14,16-18,40H,2-10,15H2,1H3,(H,34,41)(H2,32,33,35,36,37). The van der Waals surface area contributed by atoms with E-state index in [0.717, 1.165) is 63.9 Å². The molecular formula is C29H34F2N8O4. The van der Waals surface area contributed by atoms with Crippen molar-refractivity contribution in [2.75, 3.05) is 70.2 Å². The number of piperazine rings is 1. The van der Waals surface area contributed by atoms with Gasteiger partial charge in [-0.2, -0.15) is 5.10 Å². The van der Waals surface area contributed by atoms with Crippen LogP contribution in [-0.2, 0) is 11.2 Å². The van der Waals surface area contributed by atoms with Crippen LogP contribution in [0.5, 0.6) is 11.5 Å². The number of nitrogens with one attached hydrogen (secondary N) is 3. The number of methoxy groups -OCH3 is 1. The van der Waals surface area contributed by atoms with Crippen LogP contribution in [0.1, 0.15) is 12.1 Å². The predicted molar refractivity (Wildman–Crippen MR) is 157 cm³/mol. The summed E-state index contributed by atoms with van der Waals surface area (Å²) in [6.07, 6.45) is 2.19. The number of carbonyl (C=O) groups excluding carboxylic acids is 1. The lowest BCUT2D eigenvalue weighted by molar-refractivity contribution is -0.115. The molecule has 0 spiro atoms. The lowest BCUT2D eigenvalue weighted by Crippen LogP contribution is -2.47. The molecule has 14 heteroatoms. The highest BCUT2D eigenvalue weighted by atomic mass is 19.1. The third-order valence-electron chi connectivity index (χ3n) is 7.05. The molecule has 0 atom stereocenters. The molecule has 4 aromatic rings. The van der Waals surface area contributed by atoms with E-state index in [9.17, 15) is 13.6 Å². The van der Waals surface area contributed by atoms with Gasteiger partial charge in [0.2, 0.25) is 5.91 Å². The topological polar surface area (TPSA) is 141 Å². The maximum Gasteiger partial charge on any atom is 0.230 e. The molecule has 43 heavy (non-hydrogen) atoms. The minimum atomic E-state index is -0.781. The Morgan fingerprint density at radius 1 is 1.00 bits per heavy atom. The molecular weight excluding hydrogens is 562 g/mol. The number of carbonyl (C=O) groups is 1. The van der Waals surface area contributed by atoms with Gasteiger partial charge in [-0.3, -0.25) is 14.8 Å². The van der Waals surface area contributed by atoms with E-state index in [0.29, 0.717) is 46.3 Å². The Labute approximate surface area is 247 Å². The Kier molecular flexibility index (Phi) is 9.92. The van der Waals surface area contributed by atoms with Crippen molar-refractivity contribution < 1.29 is 28.2 Å². The maximum absolute atomic E-state index is 13.4. The fourth-order valence-electron chi connectivity index (χ4n) is 4.93. The minimum Gasteiger partial charge on any atom is -0.493 e. The third kappa shape index (κ3) is 8.12. The number of aromatic nitrogens is 4. The van der Waals surface area contributed by atoms with Crippen LogP contribution in [-0.4, -0.2) is 101 Å². The van der Waals surface area contributed by atoms with Crippen molar-refractivity contribution in [3.8, 4) is 11.5 Å². The van der Waals surface area contributed by atoms with Crippen LogP contribution in [0, 0.1) is 11.6 Å². The molecule has 1 saturated heterocycles. The summed E-state index contributed by atoms with van der Waals surface area (Å²) in [5.74, 6) is -0.0168. The second-order valence-electron chi connectivity index (χ2n) is 10.1. The molecule has 0 aliphatic carbocycles. The molecule has 228 valence electrons. The number of benzene rings is 2. The van der Waals surface area contributed by atoms with Gasteiger partial charge in [-0.25, -0.2) is 18.7 Å². The van der Waals surface area contributed by atoms with Crippen LogP contribution in [0.4, 0.5) is 26.1 Å². The largest absolute Gasteiger partial charge is 0.493 e. The van der Waals surface area contributed by atoms with Gasteiger partial charge in [-0.1, -0.05) is 0 Å². The number of hydrogen-bond acceptors (Lipinski definition) is 10. The number of aliphatic hydroxyl groups excluding tert-OH is 1. The van der Waals surface area contributed by atoms with E-state index < -0.39 is 17.5 Å². The first-order chi connectivity index (χ1) is 20.9. The van der Waals surface area contributed by atoms with E-state index in [1.165, 1.54) is 6.33 Å². The van der Waals surface area contributed by atoms with Gasteiger partial charge in [0.15, 0.2) is 17.3 Å². The summed E-state index contributed by atoms with van der Waals surface area (Å²) >= 11 is 0. The number of rotatable bonds is 13. The number of anilines is 3.